The average Bonchev–Trinajstić information content (AvgIpc) is 2.73. The highest BCUT2D eigenvalue weighted by atomic mass is 79.9. The van der Waals surface area contributed by atoms with E-state index in [2.05, 4.69) is 22.5 Å². The van der Waals surface area contributed by atoms with Gasteiger partial charge in [0.2, 0.25) is 0 Å². The largest absolute Gasteiger partial charge is 0.487 e. The summed E-state index contributed by atoms with van der Waals surface area (Å²) >= 11 is 3.31. The number of ether oxygens (including phenoxy) is 1. The molecule has 152 valence electrons. The molecule has 1 aromatic heterocycles. The summed E-state index contributed by atoms with van der Waals surface area (Å²) in [5.41, 5.74) is 1.56. The van der Waals surface area contributed by atoms with Gasteiger partial charge in [0.1, 0.15) is 23.1 Å². The van der Waals surface area contributed by atoms with Crippen LogP contribution in [0.3, 0.4) is 0 Å². The molecular weight excluding hydrogens is 418 g/mol. The van der Waals surface area contributed by atoms with Crippen molar-refractivity contribution in [3.8, 4) is 5.75 Å². The van der Waals surface area contributed by atoms with Crippen molar-refractivity contribution in [2.45, 2.75) is 47.3 Å². The Morgan fingerprint density at radius 2 is 1.82 bits per heavy atom. The van der Waals surface area contributed by atoms with Crippen molar-refractivity contribution in [1.29, 1.82) is 0 Å². The number of halogens is 1. The van der Waals surface area contributed by atoms with E-state index in [0.29, 0.717) is 35.4 Å². The molecule has 1 aromatic carbocycles. The van der Waals surface area contributed by atoms with Gasteiger partial charge in [-0.1, -0.05) is 56.3 Å². The van der Waals surface area contributed by atoms with Gasteiger partial charge in [-0.05, 0) is 53.4 Å². The monoisotopic (exact) mass is 447 g/mol. The SMILES string of the molecule is C/C(C=O)=C\CCn1ccc(OCc2ccccc2)c(Br)c1=O.C=CC.CC. The molecule has 0 aliphatic rings. The summed E-state index contributed by atoms with van der Waals surface area (Å²) in [6.07, 6.45) is 6.70. The number of allylic oxidation sites excluding steroid dienone is 3. The van der Waals surface area contributed by atoms with Gasteiger partial charge in [0.25, 0.3) is 5.56 Å². The third-order valence-electron chi connectivity index (χ3n) is 3.33. The second-order valence-corrected chi connectivity index (χ2v) is 6.32. The molecule has 5 heteroatoms. The molecule has 0 fully saturated rings. The number of rotatable bonds is 7. The van der Waals surface area contributed by atoms with Crippen molar-refractivity contribution < 1.29 is 9.53 Å². The van der Waals surface area contributed by atoms with Crippen LogP contribution in [0.4, 0.5) is 0 Å². The van der Waals surface area contributed by atoms with Gasteiger partial charge in [-0.2, -0.15) is 0 Å². The highest BCUT2D eigenvalue weighted by Gasteiger charge is 2.08. The third kappa shape index (κ3) is 9.51. The van der Waals surface area contributed by atoms with Crippen LogP contribution in [0.1, 0.15) is 39.7 Å². The zero-order chi connectivity index (χ0) is 21.4. The zero-order valence-electron chi connectivity index (χ0n) is 17.2. The number of carbonyl (C=O) groups excluding carboxylic acids is 1. The van der Waals surface area contributed by atoms with E-state index in [1.54, 1.807) is 29.8 Å². The second-order valence-electron chi connectivity index (χ2n) is 5.53. The van der Waals surface area contributed by atoms with E-state index in [0.717, 1.165) is 11.8 Å². The fraction of sp³-hybridized carbons (Fsp3) is 0.304. The van der Waals surface area contributed by atoms with Crippen molar-refractivity contribution in [2.24, 2.45) is 0 Å². The van der Waals surface area contributed by atoms with Crippen LogP contribution in [0, 0.1) is 0 Å². The smallest absolute Gasteiger partial charge is 0.268 e. The number of aryl methyl sites for hydroxylation is 1. The standard InChI is InChI=1S/C18H18BrNO3.C3H6.C2H6/c1-14(12-21)6-5-10-20-11-9-16(17(19)18(20)22)23-13-15-7-3-2-4-8-15;1-3-2;1-2/h2-4,6-9,11-12H,5,10,13H2,1H3;3H,1H2,2H3;1-2H3/b14-6+;;. The molecule has 28 heavy (non-hydrogen) atoms. The quantitative estimate of drug-likeness (QED) is 0.299. The van der Waals surface area contributed by atoms with Crippen molar-refractivity contribution in [3.05, 3.63) is 87.3 Å². The van der Waals surface area contributed by atoms with E-state index in [1.165, 1.54) is 0 Å². The number of benzene rings is 1. The first-order valence-corrected chi connectivity index (χ1v) is 10.1. The molecule has 0 saturated heterocycles. The van der Waals surface area contributed by atoms with E-state index < -0.39 is 0 Å². The zero-order valence-corrected chi connectivity index (χ0v) is 18.7. The minimum Gasteiger partial charge on any atom is -0.487 e. The predicted octanol–water partition coefficient (Wildman–Crippen LogP) is 5.94. The number of pyridine rings is 1. The van der Waals surface area contributed by atoms with Gasteiger partial charge < -0.3 is 9.30 Å². The molecule has 0 aliphatic heterocycles. The first-order chi connectivity index (χ1) is 13.5. The Bertz CT molecular complexity index is 795. The van der Waals surface area contributed by atoms with Gasteiger partial charge in [-0.3, -0.25) is 9.59 Å². The molecule has 0 bridgehead atoms. The van der Waals surface area contributed by atoms with Crippen LogP contribution in [0.2, 0.25) is 0 Å². The van der Waals surface area contributed by atoms with Crippen molar-refractivity contribution >= 4 is 22.2 Å². The maximum absolute atomic E-state index is 12.3. The average molecular weight is 448 g/mol. The van der Waals surface area contributed by atoms with Crippen molar-refractivity contribution in [1.82, 2.24) is 4.57 Å². The first-order valence-electron chi connectivity index (χ1n) is 9.28. The molecule has 0 N–H and O–H groups in total. The number of hydrogen-bond donors (Lipinski definition) is 0. The molecule has 0 amide bonds. The summed E-state index contributed by atoms with van der Waals surface area (Å²) in [5, 5.41) is 0. The van der Waals surface area contributed by atoms with Crippen LogP contribution in [-0.2, 0) is 17.9 Å². The summed E-state index contributed by atoms with van der Waals surface area (Å²) < 4.78 is 7.70. The van der Waals surface area contributed by atoms with Crippen LogP contribution >= 0.6 is 15.9 Å². The Labute approximate surface area is 176 Å². The summed E-state index contributed by atoms with van der Waals surface area (Å²) in [5.74, 6) is 0.523. The lowest BCUT2D eigenvalue weighted by molar-refractivity contribution is -0.104. The van der Waals surface area contributed by atoms with Crippen LogP contribution in [0.5, 0.6) is 5.75 Å². The highest BCUT2D eigenvalue weighted by Crippen LogP contribution is 2.21. The number of carbonyl (C=O) groups is 1. The molecule has 0 spiro atoms. The van der Waals surface area contributed by atoms with Gasteiger partial charge in [0.05, 0.1) is 0 Å². The normalized spacial score (nSPS) is 9.96. The third-order valence-corrected chi connectivity index (χ3v) is 4.06. The summed E-state index contributed by atoms with van der Waals surface area (Å²) in [7, 11) is 0. The lowest BCUT2D eigenvalue weighted by Crippen LogP contribution is -2.20. The fourth-order valence-electron chi connectivity index (χ4n) is 2.03. The fourth-order valence-corrected chi connectivity index (χ4v) is 2.51. The van der Waals surface area contributed by atoms with E-state index in [-0.39, 0.29) is 5.56 Å². The van der Waals surface area contributed by atoms with Crippen LogP contribution in [0.15, 0.2) is 76.2 Å². The maximum Gasteiger partial charge on any atom is 0.268 e. The Morgan fingerprint density at radius 1 is 1.21 bits per heavy atom. The molecule has 0 radical (unpaired) electrons. The predicted molar refractivity (Wildman–Crippen MR) is 121 cm³/mol. The Kier molecular flexibility index (Phi) is 14.3. The molecule has 4 nitrogen and oxygen atoms in total. The van der Waals surface area contributed by atoms with Crippen molar-refractivity contribution in [2.75, 3.05) is 0 Å². The van der Waals surface area contributed by atoms with E-state index in [9.17, 15) is 9.59 Å². The Hall–Kier alpha value is -2.40. The summed E-state index contributed by atoms with van der Waals surface area (Å²) in [4.78, 5) is 22.8. The molecule has 2 aromatic rings. The molecule has 0 unspecified atom stereocenters. The van der Waals surface area contributed by atoms with E-state index >= 15 is 0 Å². The minimum absolute atomic E-state index is 0.146. The van der Waals surface area contributed by atoms with Gasteiger partial charge in [-0.15, -0.1) is 6.58 Å². The van der Waals surface area contributed by atoms with Gasteiger partial charge >= 0.3 is 0 Å². The van der Waals surface area contributed by atoms with Crippen LogP contribution < -0.4 is 10.3 Å². The van der Waals surface area contributed by atoms with Gasteiger partial charge in [0.15, 0.2) is 0 Å². The molecule has 0 aliphatic carbocycles. The molecule has 0 saturated carbocycles. The molecule has 2 rings (SSSR count). The van der Waals surface area contributed by atoms with E-state index in [1.807, 2.05) is 57.2 Å². The maximum atomic E-state index is 12.3. The molecule has 1 heterocycles. The van der Waals surface area contributed by atoms with E-state index in [4.69, 9.17) is 4.74 Å². The summed E-state index contributed by atoms with van der Waals surface area (Å²) in [6.45, 7) is 11.9. The van der Waals surface area contributed by atoms with Gasteiger partial charge in [-0.25, -0.2) is 0 Å². The molecule has 0 atom stereocenters. The topological polar surface area (TPSA) is 48.3 Å². The number of nitrogens with zero attached hydrogens (tertiary/aromatic N) is 1. The number of hydrogen-bond acceptors (Lipinski definition) is 3. The lowest BCUT2D eigenvalue weighted by atomic mass is 10.2. The minimum atomic E-state index is -0.146. The van der Waals surface area contributed by atoms with Gasteiger partial charge in [0, 0.05) is 12.7 Å². The highest BCUT2D eigenvalue weighted by molar-refractivity contribution is 9.10. The summed E-state index contributed by atoms with van der Waals surface area (Å²) in [6, 6.07) is 11.5. The van der Waals surface area contributed by atoms with Crippen LogP contribution in [-0.4, -0.2) is 10.9 Å². The Morgan fingerprint density at radius 3 is 2.39 bits per heavy atom. The number of aromatic nitrogens is 1. The lowest BCUT2D eigenvalue weighted by Gasteiger charge is -2.10. The first kappa shape index (κ1) is 25.6. The van der Waals surface area contributed by atoms with Crippen molar-refractivity contribution in [3.63, 3.8) is 0 Å². The molecular formula is C23H30BrNO3. The second kappa shape index (κ2) is 15.6. The number of aldehydes is 1. The van der Waals surface area contributed by atoms with Crippen LogP contribution in [0.25, 0.3) is 0 Å². The Balaban J connectivity index is 0.00000133.